The minimum atomic E-state index is -0.188. The van der Waals surface area contributed by atoms with E-state index in [1.165, 1.54) is 11.8 Å². The lowest BCUT2D eigenvalue weighted by atomic mass is 10.1. The molecule has 3 aromatic rings. The Labute approximate surface area is 154 Å². The summed E-state index contributed by atoms with van der Waals surface area (Å²) in [7, 11) is 0. The summed E-state index contributed by atoms with van der Waals surface area (Å²) in [4.78, 5) is 16.5. The summed E-state index contributed by atoms with van der Waals surface area (Å²) < 4.78 is 0. The van der Waals surface area contributed by atoms with Crippen molar-refractivity contribution in [3.05, 3.63) is 65.2 Å². The van der Waals surface area contributed by atoms with Crippen LogP contribution < -0.4 is 11.1 Å². The Morgan fingerprint density at radius 1 is 1.23 bits per heavy atom. The number of nitrogens with two attached hydrogens (primary N) is 1. The average molecular weight is 364 g/mol. The molecule has 0 radical (unpaired) electrons. The number of nitrogen functional groups attached to an aromatic ring is 1. The highest BCUT2D eigenvalue weighted by Crippen LogP contribution is 2.20. The van der Waals surface area contributed by atoms with Crippen molar-refractivity contribution in [2.45, 2.75) is 17.3 Å². The third kappa shape index (κ3) is 4.62. The molecule has 1 heterocycles. The molecule has 3 rings (SSSR count). The first-order chi connectivity index (χ1) is 12.6. The third-order valence-electron chi connectivity index (χ3n) is 3.53. The number of nitrogens with zero attached hydrogens (tertiary/aromatic N) is 3. The number of rotatable bonds is 6. The summed E-state index contributed by atoms with van der Waals surface area (Å²) >= 11 is 1.43. The molecular weight excluding hydrogens is 348 g/mol. The molecule has 0 atom stereocenters. The van der Waals surface area contributed by atoms with Gasteiger partial charge in [-0.1, -0.05) is 36.0 Å². The lowest BCUT2D eigenvalue weighted by Crippen LogP contribution is -2.12. The number of aromatic amines is 1. The summed E-state index contributed by atoms with van der Waals surface area (Å²) in [5.74, 6) is 0.717. The van der Waals surface area contributed by atoms with Crippen molar-refractivity contribution in [1.82, 2.24) is 15.2 Å². The molecule has 0 aliphatic heterocycles. The van der Waals surface area contributed by atoms with E-state index in [2.05, 4.69) is 26.6 Å². The van der Waals surface area contributed by atoms with E-state index in [-0.39, 0.29) is 11.9 Å². The molecule has 4 N–H and O–H groups in total. The van der Waals surface area contributed by atoms with Gasteiger partial charge in [0.1, 0.15) is 0 Å². The number of hydrogen-bond donors (Lipinski definition) is 3. The van der Waals surface area contributed by atoms with Gasteiger partial charge in [0.15, 0.2) is 0 Å². The molecule has 0 unspecified atom stereocenters. The number of hydrogen-bond acceptors (Lipinski definition) is 6. The Bertz CT molecular complexity index is 945. The van der Waals surface area contributed by atoms with Gasteiger partial charge in [0, 0.05) is 17.0 Å². The van der Waals surface area contributed by atoms with Gasteiger partial charge in [-0.05, 0) is 35.4 Å². The Hall–Kier alpha value is -3.31. The summed E-state index contributed by atoms with van der Waals surface area (Å²) in [6.07, 6.45) is 0.352. The second-order valence-electron chi connectivity index (χ2n) is 5.48. The number of anilines is 2. The zero-order valence-electron chi connectivity index (χ0n) is 13.8. The van der Waals surface area contributed by atoms with Gasteiger partial charge in [0.2, 0.25) is 11.1 Å². The number of carbonyl (C=O) groups is 1. The number of amides is 1. The van der Waals surface area contributed by atoms with Crippen molar-refractivity contribution in [2.24, 2.45) is 0 Å². The second kappa shape index (κ2) is 8.18. The highest BCUT2D eigenvalue weighted by atomic mass is 32.2. The molecule has 0 aliphatic carbocycles. The predicted octanol–water partition coefficient (Wildman–Crippen LogP) is 3.00. The molecule has 0 saturated carbocycles. The Kier molecular flexibility index (Phi) is 5.51. The molecule has 0 spiro atoms. The first-order valence-electron chi connectivity index (χ1n) is 7.81. The van der Waals surface area contributed by atoms with Crippen molar-refractivity contribution >= 4 is 29.3 Å². The largest absolute Gasteiger partial charge is 0.368 e. The summed E-state index contributed by atoms with van der Waals surface area (Å²) in [5, 5.41) is 18.7. The molecule has 0 saturated heterocycles. The van der Waals surface area contributed by atoms with E-state index in [1.807, 2.05) is 30.3 Å². The first kappa shape index (κ1) is 17.5. The van der Waals surface area contributed by atoms with Crippen LogP contribution >= 0.6 is 11.8 Å². The molecule has 2 aromatic carbocycles. The van der Waals surface area contributed by atoms with Gasteiger partial charge in [0.05, 0.1) is 12.5 Å². The van der Waals surface area contributed by atoms with Gasteiger partial charge in [-0.3, -0.25) is 4.79 Å². The normalized spacial score (nSPS) is 10.3. The van der Waals surface area contributed by atoms with Crippen molar-refractivity contribution in [1.29, 1.82) is 5.26 Å². The van der Waals surface area contributed by atoms with Crippen LogP contribution in [0.2, 0.25) is 0 Å². The Balaban J connectivity index is 1.63. The fourth-order valence-electron chi connectivity index (χ4n) is 2.27. The van der Waals surface area contributed by atoms with Crippen LogP contribution in [0.4, 0.5) is 11.6 Å². The maximum Gasteiger partial charge on any atom is 0.255 e. The van der Waals surface area contributed by atoms with Crippen LogP contribution in [-0.2, 0) is 12.2 Å². The van der Waals surface area contributed by atoms with Crippen molar-refractivity contribution in [2.75, 3.05) is 11.1 Å². The van der Waals surface area contributed by atoms with Gasteiger partial charge < -0.3 is 11.1 Å². The minimum Gasteiger partial charge on any atom is -0.368 e. The first-order valence-corrected chi connectivity index (χ1v) is 8.79. The van der Waals surface area contributed by atoms with E-state index in [0.29, 0.717) is 28.6 Å². The predicted molar refractivity (Wildman–Crippen MR) is 101 cm³/mol. The number of nitrogens with one attached hydrogen (secondary N) is 2. The maximum atomic E-state index is 12.4. The van der Waals surface area contributed by atoms with Crippen LogP contribution in [0.25, 0.3) is 0 Å². The molecule has 7 nitrogen and oxygen atoms in total. The molecule has 1 amide bonds. The highest BCUT2D eigenvalue weighted by molar-refractivity contribution is 7.98. The molecule has 8 heteroatoms. The monoisotopic (exact) mass is 364 g/mol. The van der Waals surface area contributed by atoms with Crippen molar-refractivity contribution in [3.8, 4) is 6.07 Å². The van der Waals surface area contributed by atoms with Gasteiger partial charge in [-0.15, -0.1) is 5.10 Å². The fraction of sp³-hybridized carbons (Fsp3) is 0.111. The lowest BCUT2D eigenvalue weighted by Gasteiger charge is -2.07. The molecule has 1 aromatic heterocycles. The molecule has 0 fully saturated rings. The van der Waals surface area contributed by atoms with Crippen LogP contribution in [0.3, 0.4) is 0 Å². The smallest absolute Gasteiger partial charge is 0.255 e. The van der Waals surface area contributed by atoms with Gasteiger partial charge in [0.25, 0.3) is 5.91 Å². The number of H-pyrrole nitrogens is 1. The average Bonchev–Trinajstić information content (AvgIpc) is 3.07. The zero-order chi connectivity index (χ0) is 18.4. The third-order valence-corrected chi connectivity index (χ3v) is 4.45. The second-order valence-corrected chi connectivity index (χ2v) is 6.42. The molecular formula is C18H16N6OS. The van der Waals surface area contributed by atoms with Crippen LogP contribution in [0, 0.1) is 11.3 Å². The lowest BCUT2D eigenvalue weighted by molar-refractivity contribution is 0.102. The fourth-order valence-corrected chi connectivity index (χ4v) is 3.02. The number of aromatic nitrogens is 3. The number of thioether (sulfide) groups is 1. The van der Waals surface area contributed by atoms with Crippen LogP contribution in [-0.4, -0.2) is 21.1 Å². The van der Waals surface area contributed by atoms with Crippen molar-refractivity contribution in [3.63, 3.8) is 0 Å². The number of benzene rings is 2. The van der Waals surface area contributed by atoms with E-state index >= 15 is 0 Å². The number of nitriles is 1. The molecule has 26 heavy (non-hydrogen) atoms. The summed E-state index contributed by atoms with van der Waals surface area (Å²) in [6, 6.07) is 16.7. The highest BCUT2D eigenvalue weighted by Gasteiger charge is 2.08. The zero-order valence-corrected chi connectivity index (χ0v) is 14.6. The van der Waals surface area contributed by atoms with Crippen LogP contribution in [0.5, 0.6) is 0 Å². The topological polar surface area (TPSA) is 120 Å². The minimum absolute atomic E-state index is 0.188. The number of carbonyl (C=O) groups excluding carboxylic acids is 1. The Morgan fingerprint density at radius 3 is 2.73 bits per heavy atom. The van der Waals surface area contributed by atoms with E-state index in [0.717, 1.165) is 11.1 Å². The maximum absolute atomic E-state index is 12.4. The van der Waals surface area contributed by atoms with E-state index in [4.69, 9.17) is 11.0 Å². The summed E-state index contributed by atoms with van der Waals surface area (Å²) in [5.41, 5.74) is 8.65. The van der Waals surface area contributed by atoms with E-state index in [9.17, 15) is 4.79 Å². The SMILES string of the molecule is N#CCc1ccc(NC(=O)c2cccc(CSc3n[nH]c(N)n3)c2)cc1. The summed E-state index contributed by atoms with van der Waals surface area (Å²) in [6.45, 7) is 0. The molecule has 0 bridgehead atoms. The van der Waals surface area contributed by atoms with Gasteiger partial charge in [-0.25, -0.2) is 5.10 Å². The van der Waals surface area contributed by atoms with E-state index < -0.39 is 0 Å². The van der Waals surface area contributed by atoms with Crippen LogP contribution in [0.1, 0.15) is 21.5 Å². The standard InChI is InChI=1S/C18H16N6OS/c19-9-8-12-4-6-15(7-5-12)21-16(25)14-3-1-2-13(10-14)11-26-18-22-17(20)23-24-18/h1-7,10H,8,11H2,(H,21,25)(H3,20,22,23,24). The van der Waals surface area contributed by atoms with Crippen LogP contribution in [0.15, 0.2) is 53.7 Å². The molecule has 130 valence electrons. The van der Waals surface area contributed by atoms with E-state index in [1.54, 1.807) is 18.2 Å². The Morgan fingerprint density at radius 2 is 2.04 bits per heavy atom. The van der Waals surface area contributed by atoms with Gasteiger partial charge in [-0.2, -0.15) is 10.2 Å². The quantitative estimate of drug-likeness (QED) is 0.578. The van der Waals surface area contributed by atoms with Crippen molar-refractivity contribution < 1.29 is 4.79 Å². The van der Waals surface area contributed by atoms with Gasteiger partial charge >= 0.3 is 0 Å². The molecule has 0 aliphatic rings.